The van der Waals surface area contributed by atoms with Gasteiger partial charge in [-0.1, -0.05) is 47.5 Å². The van der Waals surface area contributed by atoms with Crippen molar-refractivity contribution in [2.75, 3.05) is 0 Å². The van der Waals surface area contributed by atoms with E-state index in [1.54, 1.807) is 0 Å². The topological polar surface area (TPSA) is 65.2 Å². The number of halogens is 1. The number of rotatable bonds is 6. The van der Waals surface area contributed by atoms with E-state index in [9.17, 15) is 4.79 Å². The molecule has 2 aromatic carbocycles. The Morgan fingerprint density at radius 1 is 1.14 bits per heavy atom. The molecule has 0 atom stereocenters. The largest absolute Gasteiger partial charge is 0.460 e. The summed E-state index contributed by atoms with van der Waals surface area (Å²) in [6.07, 6.45) is 0.496. The lowest BCUT2D eigenvalue weighted by Gasteiger charge is -2.02. The first-order chi connectivity index (χ1) is 13.6. The normalized spacial score (nSPS) is 11.1. The van der Waals surface area contributed by atoms with Crippen LogP contribution in [-0.4, -0.2) is 16.2 Å². The second-order valence-corrected chi connectivity index (χ2v) is 7.88. The van der Waals surface area contributed by atoms with Gasteiger partial charge >= 0.3 is 5.97 Å². The van der Waals surface area contributed by atoms with Gasteiger partial charge in [0.15, 0.2) is 0 Å². The number of benzene rings is 2. The van der Waals surface area contributed by atoms with Crippen molar-refractivity contribution in [2.24, 2.45) is 0 Å². The molecule has 0 unspecified atom stereocenters. The zero-order chi connectivity index (χ0) is 19.5. The van der Waals surface area contributed by atoms with E-state index in [1.165, 1.54) is 11.3 Å². The molecule has 0 aliphatic rings. The summed E-state index contributed by atoms with van der Waals surface area (Å²) in [7, 11) is 0. The van der Waals surface area contributed by atoms with E-state index in [-0.39, 0.29) is 19.0 Å². The van der Waals surface area contributed by atoms with Gasteiger partial charge in [0.05, 0.1) is 16.3 Å². The number of thiophene rings is 1. The van der Waals surface area contributed by atoms with Gasteiger partial charge in [-0.15, -0.1) is 21.5 Å². The SMILES string of the molecule is Cc1ccc(-c2nnc(CCC(=O)OCc3sc4ccccc4c3Cl)o2)cc1. The van der Waals surface area contributed by atoms with Gasteiger partial charge in [-0.05, 0) is 25.1 Å². The summed E-state index contributed by atoms with van der Waals surface area (Å²) in [6, 6.07) is 15.7. The molecule has 5 nitrogen and oxygen atoms in total. The van der Waals surface area contributed by atoms with Gasteiger partial charge in [0.25, 0.3) is 0 Å². The van der Waals surface area contributed by atoms with E-state index in [4.69, 9.17) is 20.8 Å². The Hall–Kier alpha value is -2.70. The fraction of sp³-hybridized carbons (Fsp3) is 0.190. The summed E-state index contributed by atoms with van der Waals surface area (Å²) in [6.45, 7) is 2.18. The first kappa shape index (κ1) is 18.7. The number of esters is 1. The van der Waals surface area contributed by atoms with Crippen molar-refractivity contribution in [3.05, 3.63) is 69.9 Å². The van der Waals surface area contributed by atoms with Gasteiger partial charge in [-0.2, -0.15) is 0 Å². The lowest BCUT2D eigenvalue weighted by atomic mass is 10.1. The molecule has 4 aromatic rings. The number of ether oxygens (including phenoxy) is 1. The van der Waals surface area contributed by atoms with E-state index in [0.29, 0.717) is 23.2 Å². The molecular weight excluding hydrogens is 396 g/mol. The summed E-state index contributed by atoms with van der Waals surface area (Å²) in [5.41, 5.74) is 2.01. The highest BCUT2D eigenvalue weighted by atomic mass is 35.5. The Balaban J connectivity index is 1.32. The van der Waals surface area contributed by atoms with Gasteiger partial charge in [0.2, 0.25) is 11.8 Å². The molecule has 2 heterocycles. The number of carbonyl (C=O) groups excluding carboxylic acids is 1. The van der Waals surface area contributed by atoms with Crippen LogP contribution >= 0.6 is 22.9 Å². The predicted molar refractivity (Wildman–Crippen MR) is 109 cm³/mol. The Kier molecular flexibility index (Phi) is 5.41. The Labute approximate surface area is 170 Å². The number of aromatic nitrogens is 2. The van der Waals surface area contributed by atoms with Gasteiger partial charge < -0.3 is 9.15 Å². The Bertz CT molecular complexity index is 1120. The molecule has 7 heteroatoms. The van der Waals surface area contributed by atoms with Crippen molar-refractivity contribution in [1.82, 2.24) is 10.2 Å². The van der Waals surface area contributed by atoms with Crippen LogP contribution in [0.2, 0.25) is 5.02 Å². The molecule has 0 aliphatic heterocycles. The molecule has 0 saturated carbocycles. The molecule has 0 bridgehead atoms. The summed E-state index contributed by atoms with van der Waals surface area (Å²) in [5.74, 6) is 0.524. The molecule has 0 radical (unpaired) electrons. The highest BCUT2D eigenvalue weighted by Crippen LogP contribution is 2.35. The van der Waals surface area contributed by atoms with Crippen LogP contribution in [0.5, 0.6) is 0 Å². The van der Waals surface area contributed by atoms with Crippen molar-refractivity contribution >= 4 is 39.0 Å². The van der Waals surface area contributed by atoms with Crippen LogP contribution in [0.1, 0.15) is 22.8 Å². The van der Waals surface area contributed by atoms with Gasteiger partial charge in [0, 0.05) is 22.1 Å². The van der Waals surface area contributed by atoms with E-state index in [2.05, 4.69) is 10.2 Å². The van der Waals surface area contributed by atoms with Crippen molar-refractivity contribution in [3.63, 3.8) is 0 Å². The van der Waals surface area contributed by atoms with Crippen LogP contribution in [0.15, 0.2) is 52.9 Å². The first-order valence-corrected chi connectivity index (χ1v) is 10.0. The molecular formula is C21H17ClN2O3S. The fourth-order valence-corrected chi connectivity index (χ4v) is 4.15. The summed E-state index contributed by atoms with van der Waals surface area (Å²) < 4.78 is 12.1. The minimum Gasteiger partial charge on any atom is -0.460 e. The average molecular weight is 413 g/mol. The highest BCUT2D eigenvalue weighted by molar-refractivity contribution is 7.19. The zero-order valence-electron chi connectivity index (χ0n) is 15.1. The predicted octanol–water partition coefficient (Wildman–Crippen LogP) is 5.59. The summed E-state index contributed by atoms with van der Waals surface area (Å²) in [5, 5.41) is 9.67. The lowest BCUT2D eigenvalue weighted by molar-refractivity contribution is -0.144. The molecule has 142 valence electrons. The quantitative estimate of drug-likeness (QED) is 0.386. The first-order valence-electron chi connectivity index (χ1n) is 8.81. The Morgan fingerprint density at radius 3 is 2.71 bits per heavy atom. The van der Waals surface area contributed by atoms with Crippen LogP contribution in [0.4, 0.5) is 0 Å². The minimum atomic E-state index is -0.330. The third kappa shape index (κ3) is 4.08. The standard InChI is InChI=1S/C21H17ClN2O3S/c1-13-6-8-14(9-7-13)21-24-23-18(27-21)10-11-19(25)26-12-17-20(22)15-4-2-3-5-16(15)28-17/h2-9H,10-12H2,1H3. The maximum atomic E-state index is 12.1. The average Bonchev–Trinajstić information content (AvgIpc) is 3.30. The maximum Gasteiger partial charge on any atom is 0.306 e. The molecule has 0 fully saturated rings. The molecule has 0 saturated heterocycles. The summed E-state index contributed by atoms with van der Waals surface area (Å²) >= 11 is 7.90. The molecule has 0 spiro atoms. The number of nitrogens with zero attached hydrogens (tertiary/aromatic N) is 2. The molecule has 2 aromatic heterocycles. The minimum absolute atomic E-state index is 0.162. The van der Waals surface area contributed by atoms with Crippen LogP contribution in [0.3, 0.4) is 0 Å². The summed E-state index contributed by atoms with van der Waals surface area (Å²) in [4.78, 5) is 12.9. The fourth-order valence-electron chi connectivity index (χ4n) is 2.75. The monoisotopic (exact) mass is 412 g/mol. The van der Waals surface area contributed by atoms with Crippen molar-refractivity contribution in [3.8, 4) is 11.5 Å². The van der Waals surface area contributed by atoms with E-state index in [1.807, 2.05) is 55.5 Å². The van der Waals surface area contributed by atoms with E-state index < -0.39 is 0 Å². The second kappa shape index (κ2) is 8.12. The smallest absolute Gasteiger partial charge is 0.306 e. The van der Waals surface area contributed by atoms with Crippen molar-refractivity contribution in [2.45, 2.75) is 26.4 Å². The van der Waals surface area contributed by atoms with Crippen LogP contribution < -0.4 is 0 Å². The zero-order valence-corrected chi connectivity index (χ0v) is 16.7. The van der Waals surface area contributed by atoms with Gasteiger partial charge in [0.1, 0.15) is 6.61 Å². The number of fused-ring (bicyclic) bond motifs is 1. The molecule has 4 rings (SSSR count). The molecule has 28 heavy (non-hydrogen) atoms. The molecule has 0 N–H and O–H groups in total. The number of aryl methyl sites for hydroxylation is 2. The van der Waals surface area contributed by atoms with E-state index in [0.717, 1.165) is 26.1 Å². The number of hydrogen-bond donors (Lipinski definition) is 0. The van der Waals surface area contributed by atoms with Gasteiger partial charge in [-0.3, -0.25) is 4.79 Å². The number of hydrogen-bond acceptors (Lipinski definition) is 6. The van der Waals surface area contributed by atoms with Crippen molar-refractivity contribution in [1.29, 1.82) is 0 Å². The Morgan fingerprint density at radius 2 is 1.93 bits per heavy atom. The third-order valence-corrected chi connectivity index (χ3v) is 5.96. The van der Waals surface area contributed by atoms with Crippen LogP contribution in [-0.2, 0) is 22.6 Å². The van der Waals surface area contributed by atoms with Crippen LogP contribution in [0, 0.1) is 6.92 Å². The highest BCUT2D eigenvalue weighted by Gasteiger charge is 2.14. The molecule has 0 amide bonds. The maximum absolute atomic E-state index is 12.1. The third-order valence-electron chi connectivity index (χ3n) is 4.27. The molecule has 0 aliphatic carbocycles. The number of carbonyl (C=O) groups is 1. The van der Waals surface area contributed by atoms with Crippen molar-refractivity contribution < 1.29 is 13.9 Å². The van der Waals surface area contributed by atoms with Crippen LogP contribution in [0.25, 0.3) is 21.5 Å². The lowest BCUT2D eigenvalue weighted by Crippen LogP contribution is -2.05. The second-order valence-electron chi connectivity index (χ2n) is 6.36. The van der Waals surface area contributed by atoms with E-state index >= 15 is 0 Å². The van der Waals surface area contributed by atoms with Gasteiger partial charge in [-0.25, -0.2) is 0 Å².